The monoisotopic (exact) mass is 288 g/mol. The summed E-state index contributed by atoms with van der Waals surface area (Å²) in [6.45, 7) is 0.598. The van der Waals surface area contributed by atoms with Gasteiger partial charge in [-0.3, -0.25) is 4.98 Å². The zero-order chi connectivity index (χ0) is 15.0. The van der Waals surface area contributed by atoms with Gasteiger partial charge in [0.05, 0.1) is 0 Å². The average molecular weight is 288 g/mol. The van der Waals surface area contributed by atoms with Crippen LogP contribution in [0.2, 0.25) is 0 Å². The molecule has 3 aromatic rings. The van der Waals surface area contributed by atoms with E-state index < -0.39 is 0 Å². The zero-order valence-electron chi connectivity index (χ0n) is 12.4. The quantitative estimate of drug-likeness (QED) is 0.668. The highest BCUT2D eigenvalue weighted by Gasteiger charge is 1.99. The molecular weight excluding hydrogens is 270 g/mol. The molecule has 0 N–H and O–H groups in total. The molecule has 3 rings (SSSR count). The molecule has 109 valence electrons. The second-order valence-electron chi connectivity index (χ2n) is 5.11. The van der Waals surface area contributed by atoms with Crippen LogP contribution in [0.15, 0.2) is 79.1 Å². The molecule has 0 bridgehead atoms. The number of ether oxygens (including phenoxy) is 1. The van der Waals surface area contributed by atoms with Gasteiger partial charge in [0.15, 0.2) is 0 Å². The van der Waals surface area contributed by atoms with Crippen LogP contribution < -0.4 is 4.74 Å². The smallest absolute Gasteiger partial charge is 0.119 e. The lowest BCUT2D eigenvalue weighted by molar-refractivity contribution is 0.306. The van der Waals surface area contributed by atoms with Crippen LogP contribution in [0, 0.1) is 6.42 Å². The number of hydrogen-bond donors (Lipinski definition) is 0. The Kier molecular flexibility index (Phi) is 4.83. The first-order valence-corrected chi connectivity index (χ1v) is 7.39. The van der Waals surface area contributed by atoms with E-state index in [4.69, 9.17) is 4.74 Å². The van der Waals surface area contributed by atoms with E-state index in [0.717, 1.165) is 12.2 Å². The molecule has 1 aromatic heterocycles. The molecule has 2 nitrogen and oxygen atoms in total. The van der Waals surface area contributed by atoms with Gasteiger partial charge in [0.25, 0.3) is 0 Å². The second-order valence-corrected chi connectivity index (χ2v) is 5.11. The Labute approximate surface area is 131 Å². The maximum atomic E-state index is 5.79. The van der Waals surface area contributed by atoms with E-state index >= 15 is 0 Å². The Balaban J connectivity index is 1.52. The fourth-order valence-corrected chi connectivity index (χ4v) is 2.20. The van der Waals surface area contributed by atoms with E-state index in [1.807, 2.05) is 54.9 Å². The summed E-state index contributed by atoms with van der Waals surface area (Å²) in [6, 6.07) is 22.5. The minimum absolute atomic E-state index is 0.598. The van der Waals surface area contributed by atoms with E-state index in [0.29, 0.717) is 6.61 Å². The molecule has 0 aliphatic carbocycles. The number of nitrogens with zero attached hydrogens (tertiary/aromatic N) is 1. The summed E-state index contributed by atoms with van der Waals surface area (Å²) < 4.78 is 5.79. The predicted molar refractivity (Wildman–Crippen MR) is 88.6 cm³/mol. The van der Waals surface area contributed by atoms with Crippen molar-refractivity contribution in [1.82, 2.24) is 4.98 Å². The zero-order valence-corrected chi connectivity index (χ0v) is 12.4. The first-order chi connectivity index (χ1) is 10.9. The van der Waals surface area contributed by atoms with Crippen molar-refractivity contribution in [3.63, 3.8) is 0 Å². The molecule has 0 fully saturated rings. The van der Waals surface area contributed by atoms with Crippen molar-refractivity contribution in [2.45, 2.75) is 13.0 Å². The minimum Gasteiger partial charge on any atom is -0.489 e. The Morgan fingerprint density at radius 3 is 2.23 bits per heavy atom. The molecule has 2 aromatic carbocycles. The lowest BCUT2D eigenvalue weighted by Gasteiger charge is -2.07. The summed E-state index contributed by atoms with van der Waals surface area (Å²) in [5.74, 6) is 0.893. The topological polar surface area (TPSA) is 22.1 Å². The van der Waals surface area contributed by atoms with Gasteiger partial charge >= 0.3 is 0 Å². The molecule has 0 saturated heterocycles. The summed E-state index contributed by atoms with van der Waals surface area (Å²) >= 11 is 0. The van der Waals surface area contributed by atoms with Gasteiger partial charge in [-0.1, -0.05) is 42.5 Å². The number of rotatable bonds is 6. The largest absolute Gasteiger partial charge is 0.489 e. The third kappa shape index (κ3) is 4.19. The van der Waals surface area contributed by atoms with Gasteiger partial charge in [-0.15, -0.1) is 0 Å². The van der Waals surface area contributed by atoms with Gasteiger partial charge in [0.2, 0.25) is 0 Å². The van der Waals surface area contributed by atoms with Gasteiger partial charge in [-0.25, -0.2) is 0 Å². The summed E-state index contributed by atoms with van der Waals surface area (Å²) in [5, 5.41) is 0. The standard InChI is InChI=1S/C20H18NO/c1-2-4-19(5-3-1)16-22-20-10-8-17(9-11-20)6-7-18-12-14-21-15-13-18/h1-6,8-15H,7,16H2. The molecule has 1 heterocycles. The fourth-order valence-electron chi connectivity index (χ4n) is 2.20. The second kappa shape index (κ2) is 7.41. The van der Waals surface area contributed by atoms with Gasteiger partial charge in [-0.05, 0) is 53.8 Å². The van der Waals surface area contributed by atoms with Crippen LogP contribution in [0.3, 0.4) is 0 Å². The molecule has 0 aliphatic rings. The third-order valence-electron chi connectivity index (χ3n) is 3.45. The molecule has 0 spiro atoms. The highest BCUT2D eigenvalue weighted by Crippen LogP contribution is 2.16. The first-order valence-electron chi connectivity index (χ1n) is 7.39. The Morgan fingerprint density at radius 2 is 1.50 bits per heavy atom. The summed E-state index contributed by atoms with van der Waals surface area (Å²) in [7, 11) is 0. The fraction of sp³-hybridized carbons (Fsp3) is 0.100. The molecule has 0 atom stereocenters. The molecule has 22 heavy (non-hydrogen) atoms. The lowest BCUT2D eigenvalue weighted by atomic mass is 10.1. The summed E-state index contributed by atoms with van der Waals surface area (Å²) in [4.78, 5) is 4.03. The Bertz CT molecular complexity index is 615. The maximum Gasteiger partial charge on any atom is 0.119 e. The average Bonchev–Trinajstić information content (AvgIpc) is 2.61. The summed E-state index contributed by atoms with van der Waals surface area (Å²) in [6.07, 6.45) is 6.76. The van der Waals surface area contributed by atoms with Gasteiger partial charge in [0, 0.05) is 12.4 Å². The maximum absolute atomic E-state index is 5.79. The van der Waals surface area contributed by atoms with E-state index in [9.17, 15) is 0 Å². The van der Waals surface area contributed by atoms with Crippen LogP contribution in [-0.2, 0) is 13.0 Å². The van der Waals surface area contributed by atoms with Gasteiger partial charge in [-0.2, -0.15) is 0 Å². The van der Waals surface area contributed by atoms with Crippen molar-refractivity contribution >= 4 is 0 Å². The number of aromatic nitrogens is 1. The van der Waals surface area contributed by atoms with Crippen molar-refractivity contribution in [3.05, 3.63) is 102 Å². The molecular formula is C20H18NO. The van der Waals surface area contributed by atoms with E-state index in [1.54, 1.807) is 0 Å². The first kappa shape index (κ1) is 14.3. The van der Waals surface area contributed by atoms with Crippen molar-refractivity contribution in [1.29, 1.82) is 0 Å². The lowest BCUT2D eigenvalue weighted by Crippen LogP contribution is -1.95. The summed E-state index contributed by atoms with van der Waals surface area (Å²) in [5.41, 5.74) is 3.64. The minimum atomic E-state index is 0.598. The SMILES string of the molecule is [CH](Cc1ccncc1)c1ccc(OCc2ccccc2)cc1. The highest BCUT2D eigenvalue weighted by atomic mass is 16.5. The van der Waals surface area contributed by atoms with Gasteiger partial charge < -0.3 is 4.74 Å². The third-order valence-corrected chi connectivity index (χ3v) is 3.45. The van der Waals surface area contributed by atoms with Crippen LogP contribution >= 0.6 is 0 Å². The number of benzene rings is 2. The van der Waals surface area contributed by atoms with Crippen LogP contribution in [0.5, 0.6) is 5.75 Å². The molecule has 1 radical (unpaired) electrons. The molecule has 0 amide bonds. The molecule has 0 saturated carbocycles. The predicted octanol–water partition coefficient (Wildman–Crippen LogP) is 4.46. The van der Waals surface area contributed by atoms with Crippen LogP contribution in [0.1, 0.15) is 16.7 Å². The van der Waals surface area contributed by atoms with E-state index in [-0.39, 0.29) is 0 Å². The van der Waals surface area contributed by atoms with Crippen LogP contribution in [-0.4, -0.2) is 4.98 Å². The van der Waals surface area contributed by atoms with Gasteiger partial charge in [0.1, 0.15) is 12.4 Å². The highest BCUT2D eigenvalue weighted by molar-refractivity contribution is 5.33. The van der Waals surface area contributed by atoms with Crippen molar-refractivity contribution < 1.29 is 4.74 Å². The van der Waals surface area contributed by atoms with E-state index in [1.165, 1.54) is 16.7 Å². The van der Waals surface area contributed by atoms with Crippen LogP contribution in [0.25, 0.3) is 0 Å². The number of pyridine rings is 1. The normalized spacial score (nSPS) is 10.4. The molecule has 2 heteroatoms. The van der Waals surface area contributed by atoms with Crippen LogP contribution in [0.4, 0.5) is 0 Å². The Hall–Kier alpha value is -2.61. The van der Waals surface area contributed by atoms with Crippen molar-refractivity contribution in [2.75, 3.05) is 0 Å². The molecule has 0 unspecified atom stereocenters. The van der Waals surface area contributed by atoms with Crippen molar-refractivity contribution in [2.24, 2.45) is 0 Å². The van der Waals surface area contributed by atoms with E-state index in [2.05, 4.69) is 35.7 Å². The van der Waals surface area contributed by atoms with Crippen molar-refractivity contribution in [3.8, 4) is 5.75 Å². The molecule has 0 aliphatic heterocycles. The Morgan fingerprint density at radius 1 is 0.773 bits per heavy atom. The number of hydrogen-bond acceptors (Lipinski definition) is 2.